The van der Waals surface area contributed by atoms with Gasteiger partial charge in [-0.1, -0.05) is 38.1 Å². The minimum Gasteiger partial charge on any atom is -0.480 e. The number of nitrogens with zero attached hydrogens (tertiary/aromatic N) is 2. The summed E-state index contributed by atoms with van der Waals surface area (Å²) in [5, 5.41) is 23.9. The van der Waals surface area contributed by atoms with E-state index in [0.717, 1.165) is 16.7 Å². The molecule has 0 aliphatic carbocycles. The van der Waals surface area contributed by atoms with Crippen molar-refractivity contribution in [2.24, 2.45) is 5.92 Å². The number of urea groups is 1. The van der Waals surface area contributed by atoms with Crippen LogP contribution in [0, 0.1) is 17.2 Å². The average molecular weight is 469 g/mol. The number of hydrogen-bond acceptors (Lipinski definition) is 4. The van der Waals surface area contributed by atoms with Crippen molar-refractivity contribution in [1.82, 2.24) is 4.90 Å². The lowest BCUT2D eigenvalue weighted by Gasteiger charge is -2.27. The van der Waals surface area contributed by atoms with Crippen molar-refractivity contribution in [2.75, 3.05) is 10.6 Å². The maximum Gasteiger partial charge on any atom is 0.326 e. The Balaban J connectivity index is 1.45. The summed E-state index contributed by atoms with van der Waals surface area (Å²) >= 11 is 0. The molecule has 0 saturated carbocycles. The van der Waals surface area contributed by atoms with Crippen LogP contribution < -0.4 is 10.6 Å². The van der Waals surface area contributed by atoms with Gasteiger partial charge in [0.15, 0.2) is 0 Å². The van der Waals surface area contributed by atoms with Gasteiger partial charge >= 0.3 is 12.0 Å². The first-order chi connectivity index (χ1) is 16.8. The van der Waals surface area contributed by atoms with Gasteiger partial charge in [0.2, 0.25) is 0 Å². The van der Waals surface area contributed by atoms with E-state index >= 15 is 0 Å². The van der Waals surface area contributed by atoms with Gasteiger partial charge in [-0.3, -0.25) is 4.79 Å². The molecular formula is C27H24N4O4. The quantitative estimate of drug-likeness (QED) is 0.473. The first-order valence-corrected chi connectivity index (χ1v) is 11.1. The molecule has 0 fully saturated rings. The maximum absolute atomic E-state index is 13.0. The van der Waals surface area contributed by atoms with Gasteiger partial charge in [0, 0.05) is 23.5 Å². The monoisotopic (exact) mass is 468 g/mol. The molecule has 1 unspecified atom stereocenters. The molecule has 4 rings (SSSR count). The number of carboxylic acids is 1. The molecule has 0 spiro atoms. The maximum atomic E-state index is 13.0. The molecule has 0 radical (unpaired) electrons. The SMILES string of the molecule is CC(C)C(C(=O)O)N1Cc2ccc(-c3ccc(NC(=O)Nc4ccc(C#N)cc4)cc3)cc2C1=O. The molecule has 1 atom stereocenters. The fourth-order valence-electron chi connectivity index (χ4n) is 4.17. The van der Waals surface area contributed by atoms with Crippen molar-refractivity contribution in [1.29, 1.82) is 5.26 Å². The van der Waals surface area contributed by atoms with E-state index < -0.39 is 18.0 Å². The van der Waals surface area contributed by atoms with Gasteiger partial charge in [-0.05, 0) is 65.1 Å². The second kappa shape index (κ2) is 9.69. The number of rotatable bonds is 6. The highest BCUT2D eigenvalue weighted by atomic mass is 16.4. The molecule has 3 aromatic rings. The minimum atomic E-state index is -1.01. The van der Waals surface area contributed by atoms with Gasteiger partial charge in [0.25, 0.3) is 5.91 Å². The summed E-state index contributed by atoms with van der Waals surface area (Å²) < 4.78 is 0. The zero-order chi connectivity index (χ0) is 25.1. The molecule has 8 nitrogen and oxygen atoms in total. The van der Waals surface area contributed by atoms with Crippen LogP contribution >= 0.6 is 0 Å². The van der Waals surface area contributed by atoms with E-state index in [0.29, 0.717) is 22.5 Å². The highest BCUT2D eigenvalue weighted by molar-refractivity contribution is 6.02. The molecule has 0 aromatic heterocycles. The van der Waals surface area contributed by atoms with Crippen molar-refractivity contribution >= 4 is 29.3 Å². The molecular weight excluding hydrogens is 444 g/mol. The van der Waals surface area contributed by atoms with E-state index in [-0.39, 0.29) is 18.4 Å². The summed E-state index contributed by atoms with van der Waals surface area (Å²) in [7, 11) is 0. The third-order valence-electron chi connectivity index (χ3n) is 5.91. The Morgan fingerprint density at radius 1 is 0.943 bits per heavy atom. The number of carboxylic acid groups (broad SMARTS) is 1. The minimum absolute atomic E-state index is 0.209. The van der Waals surface area contributed by atoms with Gasteiger partial charge in [-0.15, -0.1) is 0 Å². The molecule has 3 N–H and O–H groups in total. The van der Waals surface area contributed by atoms with Crippen LogP contribution in [0.3, 0.4) is 0 Å². The molecule has 1 aliphatic heterocycles. The van der Waals surface area contributed by atoms with Crippen LogP contribution in [0.25, 0.3) is 11.1 Å². The van der Waals surface area contributed by atoms with Crippen LogP contribution in [0.2, 0.25) is 0 Å². The van der Waals surface area contributed by atoms with Crippen LogP contribution in [0.1, 0.15) is 35.3 Å². The van der Waals surface area contributed by atoms with Crippen LogP contribution in [0.5, 0.6) is 0 Å². The van der Waals surface area contributed by atoms with Crippen molar-refractivity contribution in [2.45, 2.75) is 26.4 Å². The van der Waals surface area contributed by atoms with E-state index in [1.54, 1.807) is 56.3 Å². The number of anilines is 2. The van der Waals surface area contributed by atoms with Crippen molar-refractivity contribution in [3.63, 3.8) is 0 Å². The zero-order valence-corrected chi connectivity index (χ0v) is 19.3. The average Bonchev–Trinajstić information content (AvgIpc) is 3.15. The Morgan fingerprint density at radius 3 is 2.06 bits per heavy atom. The predicted octanol–water partition coefficient (Wildman–Crippen LogP) is 4.93. The summed E-state index contributed by atoms with van der Waals surface area (Å²) in [5.74, 6) is -1.49. The zero-order valence-electron chi connectivity index (χ0n) is 19.3. The van der Waals surface area contributed by atoms with Gasteiger partial charge in [0.1, 0.15) is 6.04 Å². The first kappa shape index (κ1) is 23.5. The lowest BCUT2D eigenvalue weighted by molar-refractivity contribution is -0.144. The molecule has 0 bridgehead atoms. The second-order valence-corrected chi connectivity index (χ2v) is 8.68. The molecule has 0 saturated heterocycles. The van der Waals surface area contributed by atoms with Gasteiger partial charge < -0.3 is 20.6 Å². The van der Waals surface area contributed by atoms with Gasteiger partial charge in [0.05, 0.1) is 11.6 Å². The number of hydrogen-bond donors (Lipinski definition) is 3. The molecule has 8 heteroatoms. The van der Waals surface area contributed by atoms with Crippen molar-refractivity contribution in [3.8, 4) is 17.2 Å². The first-order valence-electron chi connectivity index (χ1n) is 11.1. The van der Waals surface area contributed by atoms with Crippen molar-refractivity contribution < 1.29 is 19.5 Å². The largest absolute Gasteiger partial charge is 0.480 e. The Bertz CT molecular complexity index is 1320. The van der Waals surface area contributed by atoms with Crippen LogP contribution in [0.4, 0.5) is 16.2 Å². The molecule has 3 amide bonds. The Morgan fingerprint density at radius 2 is 1.51 bits per heavy atom. The van der Waals surface area contributed by atoms with E-state index in [1.165, 1.54) is 4.90 Å². The van der Waals surface area contributed by atoms with E-state index in [9.17, 15) is 19.5 Å². The second-order valence-electron chi connectivity index (χ2n) is 8.68. The Hall–Kier alpha value is -4.64. The number of nitriles is 1. The number of nitrogens with one attached hydrogen (secondary N) is 2. The smallest absolute Gasteiger partial charge is 0.326 e. The van der Waals surface area contributed by atoms with Crippen LogP contribution in [-0.4, -0.2) is 34.0 Å². The van der Waals surface area contributed by atoms with E-state index in [2.05, 4.69) is 10.6 Å². The number of fused-ring (bicyclic) bond motifs is 1. The number of amides is 3. The standard InChI is InChI=1S/C27H24N4O4/c1-16(2)24(26(33)34)31-15-20-6-5-19(13-23(20)25(31)32)18-7-11-22(12-8-18)30-27(35)29-21-9-3-17(14-28)4-10-21/h3-13,16,24H,15H2,1-2H3,(H,33,34)(H2,29,30,35). The number of carbonyl (C=O) groups excluding carboxylic acids is 2. The lowest BCUT2D eigenvalue weighted by atomic mass is 10.00. The Kier molecular flexibility index (Phi) is 6.51. The predicted molar refractivity (Wildman–Crippen MR) is 132 cm³/mol. The summed E-state index contributed by atoms with van der Waals surface area (Å²) in [6.07, 6.45) is 0. The fraction of sp³-hybridized carbons (Fsp3) is 0.185. The summed E-state index contributed by atoms with van der Waals surface area (Å²) in [4.78, 5) is 38.4. The summed E-state index contributed by atoms with van der Waals surface area (Å²) in [6, 6.07) is 20.0. The van der Waals surface area contributed by atoms with Crippen molar-refractivity contribution in [3.05, 3.63) is 83.4 Å². The molecule has 1 aliphatic rings. The normalized spacial score (nSPS) is 13.2. The third kappa shape index (κ3) is 4.99. The van der Waals surface area contributed by atoms with E-state index in [4.69, 9.17) is 5.26 Å². The molecule has 35 heavy (non-hydrogen) atoms. The summed E-state index contributed by atoms with van der Waals surface area (Å²) in [6.45, 7) is 3.86. The highest BCUT2D eigenvalue weighted by Gasteiger charge is 2.38. The molecule has 3 aromatic carbocycles. The van der Waals surface area contributed by atoms with Crippen LogP contribution in [-0.2, 0) is 11.3 Å². The lowest BCUT2D eigenvalue weighted by Crippen LogP contribution is -2.44. The fourth-order valence-corrected chi connectivity index (χ4v) is 4.17. The highest BCUT2D eigenvalue weighted by Crippen LogP contribution is 2.31. The third-order valence-corrected chi connectivity index (χ3v) is 5.91. The van der Waals surface area contributed by atoms with E-state index in [1.807, 2.05) is 30.3 Å². The van der Waals surface area contributed by atoms with Crippen LogP contribution in [0.15, 0.2) is 66.7 Å². The van der Waals surface area contributed by atoms with Gasteiger partial charge in [-0.25, -0.2) is 9.59 Å². The Labute approximate surface area is 202 Å². The number of benzene rings is 3. The molecule has 1 heterocycles. The topological polar surface area (TPSA) is 123 Å². The number of aliphatic carboxylic acids is 1. The van der Waals surface area contributed by atoms with Gasteiger partial charge in [-0.2, -0.15) is 5.26 Å². The molecule has 176 valence electrons. The summed E-state index contributed by atoms with van der Waals surface area (Å²) in [5.41, 5.74) is 4.66. The number of carbonyl (C=O) groups is 3.